The van der Waals surface area contributed by atoms with E-state index in [1.165, 1.54) is 12.0 Å². The van der Waals surface area contributed by atoms with Crippen molar-refractivity contribution in [1.29, 1.82) is 0 Å². The Morgan fingerprint density at radius 3 is 2.50 bits per heavy atom. The number of ether oxygens (including phenoxy) is 1. The molecule has 1 aromatic rings. The minimum absolute atomic E-state index is 0.0472. The predicted octanol–water partition coefficient (Wildman–Crippen LogP) is 2.18. The summed E-state index contributed by atoms with van der Waals surface area (Å²) in [6.45, 7) is 2.63. The van der Waals surface area contributed by atoms with Gasteiger partial charge in [0.2, 0.25) is 5.91 Å². The molecule has 0 aromatic heterocycles. The Balaban J connectivity index is 1.89. The summed E-state index contributed by atoms with van der Waals surface area (Å²) in [5.41, 5.74) is 1.31. The van der Waals surface area contributed by atoms with Crippen LogP contribution in [0.25, 0.3) is 0 Å². The lowest BCUT2D eigenvalue weighted by atomic mass is 9.64. The number of hydrogen-bond donors (Lipinski definition) is 1. The smallest absolute Gasteiger partial charge is 0.315 e. The standard InChI is InChI=1S/C16H21NO3/c1-2-20-15(19)11-14(18)17-12-16(9-6-10-16)13-7-4-3-5-8-13/h3-5,7-8H,2,6,9-12H2,1H3,(H,17,18). The molecule has 1 aliphatic carbocycles. The van der Waals surface area contributed by atoms with Gasteiger partial charge in [0.15, 0.2) is 0 Å². The van der Waals surface area contributed by atoms with E-state index >= 15 is 0 Å². The molecule has 0 bridgehead atoms. The summed E-state index contributed by atoms with van der Waals surface area (Å²) in [5.74, 6) is -0.724. The van der Waals surface area contributed by atoms with Crippen LogP contribution in [-0.2, 0) is 19.7 Å². The summed E-state index contributed by atoms with van der Waals surface area (Å²) in [6, 6.07) is 10.3. The zero-order chi connectivity index (χ0) is 14.4. The van der Waals surface area contributed by atoms with Crippen molar-refractivity contribution in [3.8, 4) is 0 Å². The maximum Gasteiger partial charge on any atom is 0.315 e. The summed E-state index contributed by atoms with van der Waals surface area (Å²) in [7, 11) is 0. The third-order valence-corrected chi connectivity index (χ3v) is 3.93. The monoisotopic (exact) mass is 275 g/mol. The zero-order valence-electron chi connectivity index (χ0n) is 11.9. The first-order valence-corrected chi connectivity index (χ1v) is 7.14. The van der Waals surface area contributed by atoms with Crippen LogP contribution in [0.3, 0.4) is 0 Å². The van der Waals surface area contributed by atoms with E-state index in [-0.39, 0.29) is 17.7 Å². The van der Waals surface area contributed by atoms with E-state index < -0.39 is 5.97 Å². The lowest BCUT2D eigenvalue weighted by Gasteiger charge is -2.42. The molecule has 4 nitrogen and oxygen atoms in total. The molecule has 2 rings (SSSR count). The van der Waals surface area contributed by atoms with Crippen LogP contribution in [0.1, 0.15) is 38.2 Å². The second kappa shape index (κ2) is 6.55. The number of esters is 1. The molecule has 1 fully saturated rings. The highest BCUT2D eigenvalue weighted by Crippen LogP contribution is 2.43. The topological polar surface area (TPSA) is 55.4 Å². The largest absolute Gasteiger partial charge is 0.466 e. The van der Waals surface area contributed by atoms with Gasteiger partial charge in [0.05, 0.1) is 6.61 Å². The number of carbonyl (C=O) groups is 2. The van der Waals surface area contributed by atoms with Gasteiger partial charge in [0, 0.05) is 12.0 Å². The molecular weight excluding hydrogens is 254 g/mol. The number of benzene rings is 1. The van der Waals surface area contributed by atoms with Crippen LogP contribution in [0.15, 0.2) is 30.3 Å². The van der Waals surface area contributed by atoms with Gasteiger partial charge in [-0.15, -0.1) is 0 Å². The molecular formula is C16H21NO3. The molecule has 0 spiro atoms. The summed E-state index contributed by atoms with van der Waals surface area (Å²) in [6.07, 6.45) is 3.15. The third-order valence-electron chi connectivity index (χ3n) is 3.93. The number of hydrogen-bond acceptors (Lipinski definition) is 3. The quantitative estimate of drug-likeness (QED) is 0.639. The normalized spacial score (nSPS) is 16.1. The summed E-state index contributed by atoms with van der Waals surface area (Å²) >= 11 is 0. The molecule has 0 heterocycles. The predicted molar refractivity (Wildman–Crippen MR) is 76.2 cm³/mol. The maximum absolute atomic E-state index is 11.7. The van der Waals surface area contributed by atoms with Crippen molar-refractivity contribution < 1.29 is 14.3 Å². The number of nitrogens with one attached hydrogen (secondary N) is 1. The van der Waals surface area contributed by atoms with Crippen LogP contribution < -0.4 is 5.32 Å². The van der Waals surface area contributed by atoms with Gasteiger partial charge in [-0.3, -0.25) is 9.59 Å². The Kier molecular flexibility index (Phi) is 4.77. The molecule has 1 aliphatic rings. The Bertz CT molecular complexity index is 466. The van der Waals surface area contributed by atoms with E-state index in [2.05, 4.69) is 17.4 Å². The molecule has 0 radical (unpaired) electrons. The van der Waals surface area contributed by atoms with E-state index in [9.17, 15) is 9.59 Å². The average molecular weight is 275 g/mol. The first-order valence-electron chi connectivity index (χ1n) is 7.14. The van der Waals surface area contributed by atoms with Crippen molar-refractivity contribution in [2.24, 2.45) is 0 Å². The van der Waals surface area contributed by atoms with E-state index in [1.54, 1.807) is 6.92 Å². The van der Waals surface area contributed by atoms with Crippen molar-refractivity contribution in [3.63, 3.8) is 0 Å². The van der Waals surface area contributed by atoms with Crippen molar-refractivity contribution >= 4 is 11.9 Å². The van der Waals surface area contributed by atoms with Gasteiger partial charge in [0.1, 0.15) is 6.42 Å². The molecule has 0 unspecified atom stereocenters. The van der Waals surface area contributed by atoms with Crippen LogP contribution in [-0.4, -0.2) is 25.0 Å². The van der Waals surface area contributed by atoms with E-state index in [0.717, 1.165) is 12.8 Å². The fraction of sp³-hybridized carbons (Fsp3) is 0.500. The van der Waals surface area contributed by atoms with Crippen molar-refractivity contribution in [1.82, 2.24) is 5.32 Å². The van der Waals surface area contributed by atoms with Crippen molar-refractivity contribution in [2.45, 2.75) is 38.0 Å². The highest BCUT2D eigenvalue weighted by atomic mass is 16.5. The Morgan fingerprint density at radius 1 is 1.25 bits per heavy atom. The summed E-state index contributed by atoms with van der Waals surface area (Å²) < 4.78 is 4.77. The number of rotatable bonds is 6. The number of carbonyl (C=O) groups excluding carboxylic acids is 2. The highest BCUT2D eigenvalue weighted by Gasteiger charge is 2.38. The first-order chi connectivity index (χ1) is 9.66. The molecule has 20 heavy (non-hydrogen) atoms. The van der Waals surface area contributed by atoms with Gasteiger partial charge in [-0.25, -0.2) is 0 Å². The van der Waals surface area contributed by atoms with Crippen LogP contribution in [0.4, 0.5) is 0 Å². The Hall–Kier alpha value is -1.84. The van der Waals surface area contributed by atoms with E-state index in [0.29, 0.717) is 13.2 Å². The van der Waals surface area contributed by atoms with Gasteiger partial charge in [-0.05, 0) is 25.3 Å². The molecule has 0 saturated heterocycles. The lowest BCUT2D eigenvalue weighted by Crippen LogP contribution is -2.45. The maximum atomic E-state index is 11.7. The second-order valence-electron chi connectivity index (χ2n) is 5.26. The second-order valence-corrected chi connectivity index (χ2v) is 5.26. The van der Waals surface area contributed by atoms with E-state index in [4.69, 9.17) is 4.74 Å². The SMILES string of the molecule is CCOC(=O)CC(=O)NCC1(c2ccccc2)CCC1. The van der Waals surface area contributed by atoms with Gasteiger partial charge in [0.25, 0.3) is 0 Å². The fourth-order valence-electron chi connectivity index (χ4n) is 2.64. The van der Waals surface area contributed by atoms with E-state index in [1.807, 2.05) is 18.2 Å². The minimum atomic E-state index is -0.465. The van der Waals surface area contributed by atoms with Crippen LogP contribution in [0.2, 0.25) is 0 Å². The fourth-order valence-corrected chi connectivity index (χ4v) is 2.64. The van der Waals surface area contributed by atoms with Gasteiger partial charge < -0.3 is 10.1 Å². The van der Waals surface area contributed by atoms with Crippen molar-refractivity contribution in [3.05, 3.63) is 35.9 Å². The minimum Gasteiger partial charge on any atom is -0.466 e. The summed E-state index contributed by atoms with van der Waals surface area (Å²) in [4.78, 5) is 23.0. The van der Waals surface area contributed by atoms with Gasteiger partial charge >= 0.3 is 5.97 Å². The molecule has 108 valence electrons. The van der Waals surface area contributed by atoms with Gasteiger partial charge in [-0.1, -0.05) is 36.8 Å². The van der Waals surface area contributed by atoms with Crippen LogP contribution in [0, 0.1) is 0 Å². The summed E-state index contributed by atoms with van der Waals surface area (Å²) in [5, 5.41) is 2.87. The van der Waals surface area contributed by atoms with Gasteiger partial charge in [-0.2, -0.15) is 0 Å². The van der Waals surface area contributed by atoms with Crippen LogP contribution in [0.5, 0.6) is 0 Å². The Morgan fingerprint density at radius 2 is 1.95 bits per heavy atom. The van der Waals surface area contributed by atoms with Crippen LogP contribution >= 0.6 is 0 Å². The zero-order valence-corrected chi connectivity index (χ0v) is 11.9. The molecule has 0 atom stereocenters. The Labute approximate surface area is 119 Å². The molecule has 1 aromatic carbocycles. The molecule has 4 heteroatoms. The molecule has 1 amide bonds. The first kappa shape index (κ1) is 14.6. The van der Waals surface area contributed by atoms with Crippen molar-refractivity contribution in [2.75, 3.05) is 13.2 Å². The number of amides is 1. The lowest BCUT2D eigenvalue weighted by molar-refractivity contribution is -0.146. The molecule has 0 aliphatic heterocycles. The molecule has 1 saturated carbocycles. The molecule has 1 N–H and O–H groups in total. The average Bonchev–Trinajstić information content (AvgIpc) is 2.39. The third kappa shape index (κ3) is 3.38. The highest BCUT2D eigenvalue weighted by molar-refractivity contribution is 5.94.